The Balaban J connectivity index is 1.98. The lowest BCUT2D eigenvalue weighted by Gasteiger charge is -2.08. The normalized spacial score (nSPS) is 12.7. The minimum Gasteiger partial charge on any atom is -0.384 e. The third-order valence-corrected chi connectivity index (χ3v) is 2.81. The molecule has 0 bridgehead atoms. The molecule has 2 aromatic rings. The molecule has 6 nitrogen and oxygen atoms in total. The van der Waals surface area contributed by atoms with E-state index in [1.807, 2.05) is 31.2 Å². The van der Waals surface area contributed by atoms with E-state index in [1.54, 1.807) is 0 Å². The first kappa shape index (κ1) is 10.8. The summed E-state index contributed by atoms with van der Waals surface area (Å²) >= 11 is 0. The van der Waals surface area contributed by atoms with E-state index in [0.717, 1.165) is 28.5 Å². The highest BCUT2D eigenvalue weighted by Gasteiger charge is 2.16. The van der Waals surface area contributed by atoms with Gasteiger partial charge in [0.1, 0.15) is 5.82 Å². The molecular formula is C12H14N6. The van der Waals surface area contributed by atoms with Crippen molar-refractivity contribution in [2.45, 2.75) is 13.3 Å². The van der Waals surface area contributed by atoms with E-state index >= 15 is 0 Å². The average Bonchev–Trinajstić information content (AvgIpc) is 2.77. The zero-order chi connectivity index (χ0) is 12.5. The van der Waals surface area contributed by atoms with E-state index in [0.29, 0.717) is 12.2 Å². The van der Waals surface area contributed by atoms with Gasteiger partial charge in [0.05, 0.1) is 5.69 Å². The van der Waals surface area contributed by atoms with Gasteiger partial charge in [0.2, 0.25) is 0 Å². The molecule has 92 valence electrons. The van der Waals surface area contributed by atoms with Gasteiger partial charge in [-0.2, -0.15) is 0 Å². The molecule has 3 rings (SSSR count). The number of aryl methyl sites for hydroxylation is 1. The van der Waals surface area contributed by atoms with Crippen LogP contribution in [-0.2, 0) is 6.42 Å². The van der Waals surface area contributed by atoms with Crippen LogP contribution in [0.2, 0.25) is 0 Å². The molecule has 0 saturated carbocycles. The summed E-state index contributed by atoms with van der Waals surface area (Å²) in [4.78, 5) is 8.69. The maximum absolute atomic E-state index is 5.79. The molecule has 1 aliphatic rings. The summed E-state index contributed by atoms with van der Waals surface area (Å²) in [5, 5.41) is 0. The van der Waals surface area contributed by atoms with Crippen molar-refractivity contribution in [1.82, 2.24) is 15.5 Å². The number of nitrogens with one attached hydrogen (secondary N) is 3. The molecule has 0 fully saturated rings. The summed E-state index contributed by atoms with van der Waals surface area (Å²) in [6, 6.07) is 7.86. The van der Waals surface area contributed by atoms with Gasteiger partial charge >= 0.3 is 0 Å². The van der Waals surface area contributed by atoms with E-state index < -0.39 is 0 Å². The van der Waals surface area contributed by atoms with Crippen molar-refractivity contribution >= 4 is 17.3 Å². The van der Waals surface area contributed by atoms with Gasteiger partial charge in [-0.1, -0.05) is 6.07 Å². The number of rotatable bonds is 2. The van der Waals surface area contributed by atoms with E-state index in [4.69, 9.17) is 5.73 Å². The molecule has 3 heterocycles. The zero-order valence-corrected chi connectivity index (χ0v) is 9.99. The molecule has 0 saturated heterocycles. The van der Waals surface area contributed by atoms with Crippen molar-refractivity contribution in [3.8, 4) is 0 Å². The summed E-state index contributed by atoms with van der Waals surface area (Å²) in [6.45, 7) is 1.98. The first-order valence-electron chi connectivity index (χ1n) is 5.71. The van der Waals surface area contributed by atoms with Crippen LogP contribution in [0.1, 0.15) is 17.0 Å². The molecule has 5 N–H and O–H groups in total. The third-order valence-electron chi connectivity index (χ3n) is 2.81. The number of nitrogens with two attached hydrogens (primary N) is 1. The number of hydrogen-bond donors (Lipinski definition) is 4. The summed E-state index contributed by atoms with van der Waals surface area (Å²) < 4.78 is 0. The smallest absolute Gasteiger partial charge is 0.169 e. The van der Waals surface area contributed by atoms with Crippen molar-refractivity contribution < 1.29 is 0 Å². The molecule has 0 unspecified atom stereocenters. The largest absolute Gasteiger partial charge is 0.384 e. The zero-order valence-electron chi connectivity index (χ0n) is 9.99. The number of pyridine rings is 2. The molecule has 0 atom stereocenters. The predicted octanol–water partition coefficient (Wildman–Crippen LogP) is 1.22. The fourth-order valence-electron chi connectivity index (χ4n) is 2.04. The first-order valence-corrected chi connectivity index (χ1v) is 5.71. The molecular weight excluding hydrogens is 228 g/mol. The fourth-order valence-corrected chi connectivity index (χ4v) is 2.04. The lowest BCUT2D eigenvalue weighted by atomic mass is 10.1. The Morgan fingerprint density at radius 2 is 2.11 bits per heavy atom. The van der Waals surface area contributed by atoms with Gasteiger partial charge in [-0.3, -0.25) is 10.4 Å². The van der Waals surface area contributed by atoms with Crippen LogP contribution in [0.5, 0.6) is 0 Å². The summed E-state index contributed by atoms with van der Waals surface area (Å²) in [5.41, 5.74) is 18.5. The minimum atomic E-state index is 0.495. The fraction of sp³-hybridized carbons (Fsp3) is 0.167. The summed E-state index contributed by atoms with van der Waals surface area (Å²) in [7, 11) is 0. The Morgan fingerprint density at radius 1 is 1.22 bits per heavy atom. The van der Waals surface area contributed by atoms with Crippen LogP contribution in [-0.4, -0.2) is 9.97 Å². The maximum Gasteiger partial charge on any atom is 0.169 e. The summed E-state index contributed by atoms with van der Waals surface area (Å²) in [5.74, 6) is 1.21. The number of anilines is 3. The number of hydrazine groups is 2. The number of aromatic nitrogens is 2. The molecule has 0 spiro atoms. The first-order chi connectivity index (χ1) is 8.72. The Morgan fingerprint density at radius 3 is 2.94 bits per heavy atom. The van der Waals surface area contributed by atoms with Gasteiger partial charge in [-0.05, 0) is 30.7 Å². The van der Waals surface area contributed by atoms with Crippen LogP contribution in [0.4, 0.5) is 17.3 Å². The van der Waals surface area contributed by atoms with Crippen molar-refractivity contribution in [3.05, 3.63) is 41.2 Å². The molecule has 1 aliphatic heterocycles. The van der Waals surface area contributed by atoms with E-state index in [2.05, 4.69) is 26.4 Å². The second-order valence-corrected chi connectivity index (χ2v) is 4.25. The second kappa shape index (κ2) is 4.15. The topological polar surface area (TPSA) is 87.9 Å². The van der Waals surface area contributed by atoms with Gasteiger partial charge in [-0.15, -0.1) is 5.53 Å². The Bertz CT molecular complexity index is 595. The summed E-state index contributed by atoms with van der Waals surface area (Å²) in [6.07, 6.45) is 0.715. The monoisotopic (exact) mass is 242 g/mol. The molecule has 0 amide bonds. The minimum absolute atomic E-state index is 0.495. The SMILES string of the molecule is Cc1cccc(Cc2cc(N)nc3c2NNN3)n1. The van der Waals surface area contributed by atoms with Gasteiger partial charge in [-0.25, -0.2) is 4.98 Å². The Kier molecular flexibility index (Phi) is 2.49. The molecule has 0 radical (unpaired) electrons. The van der Waals surface area contributed by atoms with E-state index in [9.17, 15) is 0 Å². The van der Waals surface area contributed by atoms with Crippen LogP contribution in [0.3, 0.4) is 0 Å². The lowest BCUT2D eigenvalue weighted by Crippen LogP contribution is -2.19. The lowest BCUT2D eigenvalue weighted by molar-refractivity contribution is 0.993. The standard InChI is InChI=1S/C12H14N6/c1-7-3-2-4-9(14-7)5-8-6-10(13)15-12-11(8)16-18-17-12/h2-4,6,16,18H,5H2,1H3,(H3,13,15,17). The quantitative estimate of drug-likeness (QED) is 0.633. The Labute approximate surface area is 105 Å². The van der Waals surface area contributed by atoms with Crippen LogP contribution < -0.4 is 22.1 Å². The van der Waals surface area contributed by atoms with Crippen molar-refractivity contribution in [3.63, 3.8) is 0 Å². The van der Waals surface area contributed by atoms with Crippen molar-refractivity contribution in [2.24, 2.45) is 0 Å². The number of nitrogen functional groups attached to an aromatic ring is 1. The van der Waals surface area contributed by atoms with Gasteiger partial charge in [0, 0.05) is 17.8 Å². The molecule has 6 heteroatoms. The maximum atomic E-state index is 5.79. The molecule has 2 aromatic heterocycles. The van der Waals surface area contributed by atoms with E-state index in [-0.39, 0.29) is 0 Å². The molecule has 0 aliphatic carbocycles. The van der Waals surface area contributed by atoms with Crippen LogP contribution in [0.25, 0.3) is 0 Å². The van der Waals surface area contributed by atoms with E-state index in [1.165, 1.54) is 0 Å². The molecule has 0 aromatic carbocycles. The van der Waals surface area contributed by atoms with Crippen LogP contribution in [0, 0.1) is 6.92 Å². The highest BCUT2D eigenvalue weighted by molar-refractivity contribution is 5.74. The van der Waals surface area contributed by atoms with Crippen molar-refractivity contribution in [2.75, 3.05) is 16.6 Å². The highest BCUT2D eigenvalue weighted by atomic mass is 15.6. The predicted molar refractivity (Wildman–Crippen MR) is 70.8 cm³/mol. The third kappa shape index (κ3) is 1.93. The number of nitrogens with zero attached hydrogens (tertiary/aromatic N) is 2. The number of fused-ring (bicyclic) bond motifs is 1. The van der Waals surface area contributed by atoms with Crippen molar-refractivity contribution in [1.29, 1.82) is 0 Å². The second-order valence-electron chi connectivity index (χ2n) is 4.25. The average molecular weight is 242 g/mol. The van der Waals surface area contributed by atoms with Crippen LogP contribution in [0.15, 0.2) is 24.3 Å². The Hall–Kier alpha value is -2.34. The van der Waals surface area contributed by atoms with Gasteiger partial charge in [0.15, 0.2) is 5.82 Å². The molecule has 18 heavy (non-hydrogen) atoms. The van der Waals surface area contributed by atoms with Crippen LogP contribution >= 0.6 is 0 Å². The van der Waals surface area contributed by atoms with Gasteiger partial charge in [0.25, 0.3) is 0 Å². The number of hydrogen-bond acceptors (Lipinski definition) is 6. The van der Waals surface area contributed by atoms with Gasteiger partial charge < -0.3 is 11.2 Å². The highest BCUT2D eigenvalue weighted by Crippen LogP contribution is 2.29.